The second kappa shape index (κ2) is 19.5. The van der Waals surface area contributed by atoms with Crippen LogP contribution < -0.4 is 15.2 Å². The summed E-state index contributed by atoms with van der Waals surface area (Å²) < 4.78 is 35.5. The van der Waals surface area contributed by atoms with E-state index in [4.69, 9.17) is 38.9 Å². The molecule has 0 aliphatic rings. The van der Waals surface area contributed by atoms with Crippen LogP contribution in [0.25, 0.3) is 0 Å². The number of esters is 1. The fourth-order valence-corrected chi connectivity index (χ4v) is 2.87. The highest BCUT2D eigenvalue weighted by Crippen LogP contribution is 2.30. The molecule has 0 bridgehead atoms. The highest BCUT2D eigenvalue weighted by Gasteiger charge is 2.22. The quantitative estimate of drug-likeness (QED) is 0.118. The highest BCUT2D eigenvalue weighted by molar-refractivity contribution is 5.76. The summed E-state index contributed by atoms with van der Waals surface area (Å²) in [5.74, 6) is -0.905. The van der Waals surface area contributed by atoms with Gasteiger partial charge in [-0.15, -0.1) is 0 Å². The van der Waals surface area contributed by atoms with Gasteiger partial charge in [-0.3, -0.25) is 4.79 Å². The van der Waals surface area contributed by atoms with Crippen LogP contribution in [0, 0.1) is 0 Å². The van der Waals surface area contributed by atoms with Gasteiger partial charge in [-0.2, -0.15) is 0 Å². The van der Waals surface area contributed by atoms with E-state index in [2.05, 4.69) is 0 Å². The summed E-state index contributed by atoms with van der Waals surface area (Å²) in [6, 6.07) is 3.26. The molecule has 12 nitrogen and oxygen atoms in total. The molecule has 0 radical (unpaired) electrons. The number of nitrogens with two attached hydrogens (primary N) is 1. The lowest BCUT2D eigenvalue weighted by molar-refractivity contribution is -0.152. The number of ether oxygens (including phenoxy) is 7. The Kier molecular flexibility index (Phi) is 16.8. The van der Waals surface area contributed by atoms with E-state index in [1.54, 1.807) is 13.0 Å². The molecule has 0 heterocycles. The summed E-state index contributed by atoms with van der Waals surface area (Å²) in [4.78, 5) is 48.1. The third-order valence-corrected chi connectivity index (χ3v) is 5.06. The molecule has 0 aliphatic heterocycles. The SMILES string of the molecule is CCCCOC(=O)OC[C@H](C)OC(=O)[C@@H](N)Cc1ccc(OC(=O)OCCCC)c(OC(=O)OCCCC)c1. The first-order valence-corrected chi connectivity index (χ1v) is 13.3. The zero-order chi connectivity index (χ0) is 29.0. The minimum Gasteiger partial charge on any atom is -0.458 e. The monoisotopic (exact) mass is 555 g/mol. The Balaban J connectivity index is 2.78. The van der Waals surface area contributed by atoms with E-state index < -0.39 is 36.6 Å². The molecule has 0 aliphatic carbocycles. The van der Waals surface area contributed by atoms with E-state index in [0.717, 1.165) is 25.7 Å². The Morgan fingerprint density at radius 1 is 0.744 bits per heavy atom. The molecule has 39 heavy (non-hydrogen) atoms. The van der Waals surface area contributed by atoms with Gasteiger partial charge in [0.25, 0.3) is 0 Å². The first kappa shape index (κ1) is 33.5. The van der Waals surface area contributed by atoms with Gasteiger partial charge in [0.15, 0.2) is 11.5 Å². The van der Waals surface area contributed by atoms with Crippen molar-refractivity contribution in [1.82, 2.24) is 0 Å². The van der Waals surface area contributed by atoms with Crippen molar-refractivity contribution in [2.45, 2.75) is 84.8 Å². The van der Waals surface area contributed by atoms with Crippen molar-refractivity contribution in [1.29, 1.82) is 0 Å². The average Bonchev–Trinajstić information content (AvgIpc) is 2.89. The third kappa shape index (κ3) is 14.8. The molecule has 0 amide bonds. The van der Waals surface area contributed by atoms with Gasteiger partial charge in [0.2, 0.25) is 0 Å². The number of unbranched alkanes of at least 4 members (excludes halogenated alkanes) is 3. The molecular formula is C27H41NO11. The van der Waals surface area contributed by atoms with Crippen LogP contribution in [0.4, 0.5) is 14.4 Å². The van der Waals surface area contributed by atoms with Gasteiger partial charge >= 0.3 is 24.4 Å². The molecule has 12 heteroatoms. The fourth-order valence-electron chi connectivity index (χ4n) is 2.87. The number of benzene rings is 1. The largest absolute Gasteiger partial charge is 0.513 e. The number of rotatable bonds is 17. The molecule has 2 N–H and O–H groups in total. The minimum absolute atomic E-state index is 0.00788. The van der Waals surface area contributed by atoms with E-state index >= 15 is 0 Å². The average molecular weight is 556 g/mol. The van der Waals surface area contributed by atoms with Crippen molar-refractivity contribution < 1.29 is 52.3 Å². The van der Waals surface area contributed by atoms with Gasteiger partial charge < -0.3 is 38.9 Å². The second-order valence-corrected chi connectivity index (χ2v) is 8.71. The molecule has 0 saturated carbocycles. The van der Waals surface area contributed by atoms with Crippen molar-refractivity contribution in [3.05, 3.63) is 23.8 Å². The molecule has 0 spiro atoms. The second-order valence-electron chi connectivity index (χ2n) is 8.71. The van der Waals surface area contributed by atoms with Crippen LogP contribution in [0.2, 0.25) is 0 Å². The summed E-state index contributed by atoms with van der Waals surface area (Å²) in [6.07, 6.45) is 1.06. The first-order chi connectivity index (χ1) is 18.7. The maximum absolute atomic E-state index is 12.5. The van der Waals surface area contributed by atoms with Crippen LogP contribution in [0.1, 0.15) is 71.8 Å². The molecule has 1 rings (SSSR count). The number of carbonyl (C=O) groups excluding carboxylic acids is 4. The summed E-state index contributed by atoms with van der Waals surface area (Å²) >= 11 is 0. The van der Waals surface area contributed by atoms with Crippen molar-refractivity contribution in [2.24, 2.45) is 5.73 Å². The highest BCUT2D eigenvalue weighted by atomic mass is 16.7. The minimum atomic E-state index is -1.08. The maximum Gasteiger partial charge on any atom is 0.513 e. The first-order valence-electron chi connectivity index (χ1n) is 13.3. The standard InChI is InChI=1S/C27H41NO11/c1-5-8-13-33-25(30)36-18-19(4)37-24(29)21(28)16-20-11-12-22(38-26(31)34-14-9-6-2)23(17-20)39-27(32)35-15-10-7-3/h11-12,17,19,21H,5-10,13-16,18,28H2,1-4H3/t19-,21-/m0/s1. The Labute approximate surface area is 229 Å². The predicted molar refractivity (Wildman–Crippen MR) is 140 cm³/mol. The van der Waals surface area contributed by atoms with E-state index in [-0.39, 0.29) is 44.3 Å². The summed E-state index contributed by atoms with van der Waals surface area (Å²) in [6.45, 7) is 7.81. The van der Waals surface area contributed by atoms with E-state index in [1.165, 1.54) is 12.1 Å². The smallest absolute Gasteiger partial charge is 0.458 e. The third-order valence-electron chi connectivity index (χ3n) is 5.06. The Morgan fingerprint density at radius 3 is 1.79 bits per heavy atom. The van der Waals surface area contributed by atoms with Crippen LogP contribution in [0.5, 0.6) is 11.5 Å². The van der Waals surface area contributed by atoms with Crippen LogP contribution >= 0.6 is 0 Å². The zero-order valence-corrected chi connectivity index (χ0v) is 23.2. The summed E-state index contributed by atoms with van der Waals surface area (Å²) in [5, 5.41) is 0. The van der Waals surface area contributed by atoms with Crippen LogP contribution in [-0.4, -0.2) is 63.0 Å². The molecule has 0 fully saturated rings. The normalized spacial score (nSPS) is 12.0. The van der Waals surface area contributed by atoms with Crippen molar-refractivity contribution >= 4 is 24.4 Å². The molecule has 0 saturated heterocycles. The topological polar surface area (TPSA) is 159 Å². The molecule has 220 valence electrons. The van der Waals surface area contributed by atoms with Gasteiger partial charge in [-0.25, -0.2) is 14.4 Å². The van der Waals surface area contributed by atoms with Gasteiger partial charge in [0.05, 0.1) is 19.8 Å². The van der Waals surface area contributed by atoms with Crippen LogP contribution in [-0.2, 0) is 34.9 Å². The molecule has 2 atom stereocenters. The van der Waals surface area contributed by atoms with Gasteiger partial charge in [-0.1, -0.05) is 46.1 Å². The molecule has 1 aromatic carbocycles. The molecular weight excluding hydrogens is 514 g/mol. The summed E-state index contributed by atoms with van der Waals surface area (Å²) in [7, 11) is 0. The van der Waals surface area contributed by atoms with Crippen molar-refractivity contribution in [2.75, 3.05) is 26.4 Å². The van der Waals surface area contributed by atoms with Crippen molar-refractivity contribution in [3.8, 4) is 11.5 Å². The number of hydrogen-bond donors (Lipinski definition) is 1. The van der Waals surface area contributed by atoms with E-state index in [9.17, 15) is 19.2 Å². The molecule has 0 aromatic heterocycles. The van der Waals surface area contributed by atoms with Gasteiger partial charge in [0.1, 0.15) is 18.8 Å². The zero-order valence-electron chi connectivity index (χ0n) is 23.2. The van der Waals surface area contributed by atoms with Crippen molar-refractivity contribution in [3.63, 3.8) is 0 Å². The number of carbonyl (C=O) groups is 4. The maximum atomic E-state index is 12.5. The summed E-state index contributed by atoms with van der Waals surface area (Å²) in [5.41, 5.74) is 6.50. The Morgan fingerprint density at radius 2 is 1.26 bits per heavy atom. The van der Waals surface area contributed by atoms with E-state index in [0.29, 0.717) is 18.4 Å². The lowest BCUT2D eigenvalue weighted by atomic mass is 10.1. The Hall–Kier alpha value is -3.54. The lowest BCUT2D eigenvalue weighted by Gasteiger charge is -2.17. The number of hydrogen-bond acceptors (Lipinski definition) is 12. The fraction of sp³-hybridized carbons (Fsp3) is 0.630. The predicted octanol–water partition coefficient (Wildman–Crippen LogP) is 5.07. The molecule has 0 unspecified atom stereocenters. The van der Waals surface area contributed by atoms with E-state index in [1.807, 2.05) is 20.8 Å². The van der Waals surface area contributed by atoms with Crippen LogP contribution in [0.3, 0.4) is 0 Å². The lowest BCUT2D eigenvalue weighted by Crippen LogP contribution is -2.37. The molecule has 1 aromatic rings. The van der Waals surface area contributed by atoms with Gasteiger partial charge in [-0.05, 0) is 50.3 Å². The Bertz CT molecular complexity index is 906. The van der Waals surface area contributed by atoms with Crippen LogP contribution in [0.15, 0.2) is 18.2 Å². The van der Waals surface area contributed by atoms with Gasteiger partial charge in [0, 0.05) is 0 Å².